The molecule has 21 heavy (non-hydrogen) atoms. The molecule has 0 saturated carbocycles. The van der Waals surface area contributed by atoms with Gasteiger partial charge in [-0.15, -0.1) is 0 Å². The van der Waals surface area contributed by atoms with Crippen molar-refractivity contribution in [3.05, 3.63) is 28.2 Å². The monoisotopic (exact) mass is 330 g/mol. The van der Waals surface area contributed by atoms with Crippen LogP contribution in [0.15, 0.2) is 18.2 Å². The predicted octanol–water partition coefficient (Wildman–Crippen LogP) is 3.65. The first-order valence-corrected chi connectivity index (χ1v) is 7.40. The maximum Gasteiger partial charge on any atom is 0.223 e. The van der Waals surface area contributed by atoms with Gasteiger partial charge in [-0.3, -0.25) is 9.59 Å². The summed E-state index contributed by atoms with van der Waals surface area (Å²) in [4.78, 5) is 25.1. The topological polar surface area (TPSA) is 49.4 Å². The van der Waals surface area contributed by atoms with Gasteiger partial charge in [0.05, 0.1) is 15.7 Å². The molecule has 0 heterocycles. The molecule has 2 amide bonds. The van der Waals surface area contributed by atoms with E-state index in [0.29, 0.717) is 15.7 Å². The molecule has 0 aromatic heterocycles. The largest absolute Gasteiger partial charge is 0.351 e. The number of anilines is 1. The van der Waals surface area contributed by atoms with Gasteiger partial charge in [0.2, 0.25) is 11.8 Å². The molecule has 0 spiro atoms. The number of benzene rings is 1. The van der Waals surface area contributed by atoms with Crippen LogP contribution in [0.1, 0.15) is 34.1 Å². The number of carbonyl (C=O) groups excluding carboxylic acids is 2. The van der Waals surface area contributed by atoms with Crippen molar-refractivity contribution >= 4 is 40.7 Å². The lowest BCUT2D eigenvalue weighted by molar-refractivity contribution is -0.122. The summed E-state index contributed by atoms with van der Waals surface area (Å²) in [6.07, 6.45) is 0.194. The van der Waals surface area contributed by atoms with Crippen molar-refractivity contribution in [2.24, 2.45) is 0 Å². The molecule has 0 radical (unpaired) electrons. The molecule has 116 valence electrons. The van der Waals surface area contributed by atoms with Gasteiger partial charge in [0.25, 0.3) is 0 Å². The van der Waals surface area contributed by atoms with Gasteiger partial charge >= 0.3 is 0 Å². The van der Waals surface area contributed by atoms with E-state index in [-0.39, 0.29) is 30.3 Å². The van der Waals surface area contributed by atoms with Gasteiger partial charge in [-0.2, -0.15) is 0 Å². The van der Waals surface area contributed by atoms with E-state index in [9.17, 15) is 9.59 Å². The molecule has 0 aliphatic rings. The molecule has 0 fully saturated rings. The highest BCUT2D eigenvalue weighted by Gasteiger charge is 2.19. The molecular formula is C15H20Cl2N2O2. The van der Waals surface area contributed by atoms with Gasteiger partial charge < -0.3 is 10.2 Å². The van der Waals surface area contributed by atoms with Crippen molar-refractivity contribution in [1.29, 1.82) is 0 Å². The lowest BCUT2D eigenvalue weighted by Crippen LogP contribution is -2.42. The Morgan fingerprint density at radius 2 is 1.86 bits per heavy atom. The third kappa shape index (κ3) is 5.56. The van der Waals surface area contributed by atoms with E-state index in [4.69, 9.17) is 23.2 Å². The van der Waals surface area contributed by atoms with Gasteiger partial charge in [-0.25, -0.2) is 0 Å². The number of halogens is 2. The van der Waals surface area contributed by atoms with Crippen molar-refractivity contribution in [1.82, 2.24) is 5.32 Å². The van der Waals surface area contributed by atoms with E-state index in [1.807, 2.05) is 20.8 Å². The number of nitrogens with one attached hydrogen (secondary N) is 1. The Hall–Kier alpha value is -1.26. The maximum atomic E-state index is 11.9. The highest BCUT2D eigenvalue weighted by Crippen LogP contribution is 2.32. The van der Waals surface area contributed by atoms with Crippen molar-refractivity contribution in [2.45, 2.75) is 39.7 Å². The summed E-state index contributed by atoms with van der Waals surface area (Å²) in [5.74, 6) is -0.311. The Balaban J connectivity index is 2.83. The Kier molecular flexibility index (Phi) is 6.05. The quantitative estimate of drug-likeness (QED) is 0.915. The highest BCUT2D eigenvalue weighted by molar-refractivity contribution is 6.44. The minimum atomic E-state index is -0.300. The molecule has 0 bridgehead atoms. The average Bonchev–Trinajstić information content (AvgIpc) is 2.31. The van der Waals surface area contributed by atoms with Crippen molar-refractivity contribution in [2.75, 3.05) is 11.4 Å². The predicted molar refractivity (Wildman–Crippen MR) is 87.0 cm³/mol. The minimum Gasteiger partial charge on any atom is -0.351 e. The van der Waals surface area contributed by atoms with E-state index in [1.54, 1.807) is 18.2 Å². The Labute approximate surface area is 135 Å². The lowest BCUT2D eigenvalue weighted by Gasteiger charge is -2.24. The minimum absolute atomic E-state index is 0.119. The summed E-state index contributed by atoms with van der Waals surface area (Å²) in [5, 5.41) is 3.54. The van der Waals surface area contributed by atoms with Gasteiger partial charge in [0.15, 0.2) is 0 Å². The van der Waals surface area contributed by atoms with Crippen molar-refractivity contribution in [3.8, 4) is 0 Å². The first kappa shape index (κ1) is 17.8. The standard InChI is InChI=1S/C15H20Cl2N2O2/c1-10(20)19(9-8-13(21)18-15(2,3)4)12-7-5-6-11(16)14(12)17/h5-7H,8-9H2,1-4H3,(H,18,21). The first-order chi connectivity index (χ1) is 9.61. The Morgan fingerprint density at radius 1 is 1.24 bits per heavy atom. The van der Waals surface area contributed by atoms with Crippen LogP contribution < -0.4 is 10.2 Å². The smallest absolute Gasteiger partial charge is 0.223 e. The van der Waals surface area contributed by atoms with Gasteiger partial charge in [0.1, 0.15) is 0 Å². The van der Waals surface area contributed by atoms with Crippen LogP contribution in [0.2, 0.25) is 10.0 Å². The fourth-order valence-corrected chi connectivity index (χ4v) is 2.24. The van der Waals surface area contributed by atoms with Crippen LogP contribution in [-0.2, 0) is 9.59 Å². The molecule has 0 aliphatic carbocycles. The maximum absolute atomic E-state index is 11.9. The second-order valence-electron chi connectivity index (χ2n) is 5.79. The highest BCUT2D eigenvalue weighted by atomic mass is 35.5. The molecule has 0 aliphatic heterocycles. The summed E-state index contributed by atoms with van der Waals surface area (Å²) in [5.41, 5.74) is 0.214. The van der Waals surface area contributed by atoms with Crippen LogP contribution in [0.25, 0.3) is 0 Å². The normalized spacial score (nSPS) is 11.1. The number of nitrogens with zero attached hydrogens (tertiary/aromatic N) is 1. The molecule has 0 saturated heterocycles. The zero-order valence-electron chi connectivity index (χ0n) is 12.7. The van der Waals surface area contributed by atoms with E-state index in [2.05, 4.69) is 5.32 Å². The van der Waals surface area contributed by atoms with Gasteiger partial charge in [-0.1, -0.05) is 29.3 Å². The fourth-order valence-electron chi connectivity index (χ4n) is 1.84. The average molecular weight is 331 g/mol. The van der Waals surface area contributed by atoms with E-state index >= 15 is 0 Å². The van der Waals surface area contributed by atoms with Crippen LogP contribution in [0.5, 0.6) is 0 Å². The Bertz CT molecular complexity index is 539. The number of hydrogen-bond donors (Lipinski definition) is 1. The second-order valence-corrected chi connectivity index (χ2v) is 6.58. The molecule has 1 aromatic rings. The molecule has 0 atom stereocenters. The van der Waals surface area contributed by atoms with E-state index in [0.717, 1.165) is 0 Å². The number of carbonyl (C=O) groups is 2. The molecule has 0 unspecified atom stereocenters. The number of rotatable bonds is 4. The summed E-state index contributed by atoms with van der Waals surface area (Å²) in [6.45, 7) is 7.39. The zero-order valence-corrected chi connectivity index (χ0v) is 14.2. The lowest BCUT2D eigenvalue weighted by atomic mass is 10.1. The first-order valence-electron chi connectivity index (χ1n) is 6.65. The molecule has 1 rings (SSSR count). The number of hydrogen-bond acceptors (Lipinski definition) is 2. The number of amides is 2. The van der Waals surface area contributed by atoms with Crippen LogP contribution in [0.4, 0.5) is 5.69 Å². The van der Waals surface area contributed by atoms with E-state index in [1.165, 1.54) is 11.8 Å². The molecular weight excluding hydrogens is 311 g/mol. The molecule has 1 N–H and O–H groups in total. The second kappa shape index (κ2) is 7.14. The van der Waals surface area contributed by atoms with E-state index < -0.39 is 0 Å². The molecule has 1 aromatic carbocycles. The van der Waals surface area contributed by atoms with Gasteiger partial charge in [-0.05, 0) is 32.9 Å². The van der Waals surface area contributed by atoms with Crippen molar-refractivity contribution < 1.29 is 9.59 Å². The van der Waals surface area contributed by atoms with Crippen LogP contribution in [0, 0.1) is 0 Å². The SMILES string of the molecule is CC(=O)N(CCC(=O)NC(C)(C)C)c1cccc(Cl)c1Cl. The molecule has 4 nitrogen and oxygen atoms in total. The zero-order chi connectivity index (χ0) is 16.2. The third-order valence-electron chi connectivity index (χ3n) is 2.68. The molecule has 6 heteroatoms. The van der Waals surface area contributed by atoms with Crippen LogP contribution in [0.3, 0.4) is 0 Å². The summed E-state index contributed by atoms with van der Waals surface area (Å²) < 4.78 is 0. The summed E-state index contributed by atoms with van der Waals surface area (Å²) in [6, 6.07) is 5.07. The summed E-state index contributed by atoms with van der Waals surface area (Å²) >= 11 is 12.1. The Morgan fingerprint density at radius 3 is 2.38 bits per heavy atom. The third-order valence-corrected chi connectivity index (χ3v) is 3.49. The fraction of sp³-hybridized carbons (Fsp3) is 0.467. The van der Waals surface area contributed by atoms with Crippen LogP contribution >= 0.6 is 23.2 Å². The summed E-state index contributed by atoms with van der Waals surface area (Å²) in [7, 11) is 0. The van der Waals surface area contributed by atoms with Crippen molar-refractivity contribution in [3.63, 3.8) is 0 Å². The van der Waals surface area contributed by atoms with Gasteiger partial charge in [0, 0.05) is 25.4 Å². The van der Waals surface area contributed by atoms with Crippen LogP contribution in [-0.4, -0.2) is 23.9 Å².